The van der Waals surface area contributed by atoms with Crippen LogP contribution in [0.4, 0.5) is 0 Å². The van der Waals surface area contributed by atoms with Crippen LogP contribution < -0.4 is 0 Å². The normalized spacial score (nSPS) is 18.5. The van der Waals surface area contributed by atoms with Crippen molar-refractivity contribution < 1.29 is 5.11 Å². The average Bonchev–Trinajstić information content (AvgIpc) is 2.99. The first-order valence-corrected chi connectivity index (χ1v) is 8.31. The number of benzene rings is 1. The molecule has 0 radical (unpaired) electrons. The number of aliphatic hydroxyl groups excluding tert-OH is 1. The molecule has 0 aliphatic heterocycles. The zero-order valence-corrected chi connectivity index (χ0v) is 12.6. The Morgan fingerprint density at radius 2 is 2.10 bits per heavy atom. The summed E-state index contributed by atoms with van der Waals surface area (Å²) in [5, 5.41) is 12.9. The van der Waals surface area contributed by atoms with Gasteiger partial charge in [-0.3, -0.25) is 4.40 Å². The number of rotatable bonds is 4. The van der Waals surface area contributed by atoms with E-state index >= 15 is 0 Å². The van der Waals surface area contributed by atoms with Gasteiger partial charge in [-0.1, -0.05) is 36.8 Å². The quantitative estimate of drug-likeness (QED) is 0.801. The molecule has 0 amide bonds. The molecule has 4 heteroatoms. The highest BCUT2D eigenvalue weighted by Crippen LogP contribution is 2.47. The van der Waals surface area contributed by atoms with E-state index in [0.717, 1.165) is 23.5 Å². The van der Waals surface area contributed by atoms with Gasteiger partial charge in [0.15, 0.2) is 4.96 Å². The van der Waals surface area contributed by atoms with Crippen molar-refractivity contribution in [2.24, 2.45) is 0 Å². The summed E-state index contributed by atoms with van der Waals surface area (Å²) in [4.78, 5) is 5.60. The monoisotopic (exact) mass is 298 g/mol. The van der Waals surface area contributed by atoms with Gasteiger partial charge in [0.25, 0.3) is 0 Å². The molecular formula is C17H18N2OS. The maximum absolute atomic E-state index is 10.8. The van der Waals surface area contributed by atoms with E-state index in [1.807, 2.05) is 28.2 Å². The molecule has 0 saturated heterocycles. The molecule has 1 saturated carbocycles. The molecule has 1 aliphatic carbocycles. The minimum atomic E-state index is -0.363. The van der Waals surface area contributed by atoms with Crippen LogP contribution in [0.2, 0.25) is 0 Å². The highest BCUT2D eigenvalue weighted by Gasteiger charge is 2.44. The SMILES string of the molecule is OC(Cc1cn2ccsc2n1)C1(c2ccccc2)CCC1. The molecule has 3 nitrogen and oxygen atoms in total. The van der Waals surface area contributed by atoms with Gasteiger partial charge in [-0.2, -0.15) is 0 Å². The van der Waals surface area contributed by atoms with Crippen LogP contribution in [-0.4, -0.2) is 20.6 Å². The second-order valence-corrected chi connectivity index (χ2v) is 6.79. The van der Waals surface area contributed by atoms with Crippen LogP contribution in [0, 0.1) is 0 Å². The minimum absolute atomic E-state index is 0.0711. The summed E-state index contributed by atoms with van der Waals surface area (Å²) in [5.74, 6) is 0. The summed E-state index contributed by atoms with van der Waals surface area (Å²) in [6.45, 7) is 0. The number of aliphatic hydroxyl groups is 1. The van der Waals surface area contributed by atoms with Crippen molar-refractivity contribution in [1.29, 1.82) is 0 Å². The maximum atomic E-state index is 10.8. The summed E-state index contributed by atoms with van der Waals surface area (Å²) >= 11 is 1.63. The third kappa shape index (κ3) is 2.10. The number of hydrogen-bond acceptors (Lipinski definition) is 3. The van der Waals surface area contributed by atoms with E-state index in [1.54, 1.807) is 11.3 Å². The van der Waals surface area contributed by atoms with E-state index in [-0.39, 0.29) is 11.5 Å². The molecule has 3 aromatic rings. The number of thiazole rings is 1. The fourth-order valence-corrected chi connectivity index (χ4v) is 4.13. The first-order chi connectivity index (χ1) is 10.3. The van der Waals surface area contributed by atoms with Gasteiger partial charge < -0.3 is 5.11 Å². The molecule has 1 aromatic carbocycles. The van der Waals surface area contributed by atoms with Crippen molar-refractivity contribution >= 4 is 16.3 Å². The van der Waals surface area contributed by atoms with Crippen LogP contribution in [-0.2, 0) is 11.8 Å². The average molecular weight is 298 g/mol. The molecule has 4 rings (SSSR count). The van der Waals surface area contributed by atoms with Gasteiger partial charge in [0.05, 0.1) is 11.8 Å². The van der Waals surface area contributed by atoms with Gasteiger partial charge >= 0.3 is 0 Å². The van der Waals surface area contributed by atoms with E-state index < -0.39 is 0 Å². The van der Waals surface area contributed by atoms with Gasteiger partial charge in [-0.15, -0.1) is 11.3 Å². The summed E-state index contributed by atoms with van der Waals surface area (Å²) in [7, 11) is 0. The summed E-state index contributed by atoms with van der Waals surface area (Å²) in [5.41, 5.74) is 2.18. The lowest BCUT2D eigenvalue weighted by Gasteiger charge is -2.46. The molecule has 0 spiro atoms. The third-order valence-corrected chi connectivity index (χ3v) is 5.55. The van der Waals surface area contributed by atoms with E-state index in [9.17, 15) is 5.11 Å². The van der Waals surface area contributed by atoms with E-state index in [0.29, 0.717) is 6.42 Å². The predicted octanol–water partition coefficient (Wildman–Crippen LogP) is 3.42. The van der Waals surface area contributed by atoms with Crippen LogP contribution in [0.1, 0.15) is 30.5 Å². The minimum Gasteiger partial charge on any atom is -0.392 e. The number of imidazole rings is 1. The Labute approximate surface area is 127 Å². The molecule has 108 valence electrons. The van der Waals surface area contributed by atoms with Gasteiger partial charge in [-0.25, -0.2) is 4.98 Å². The highest BCUT2D eigenvalue weighted by atomic mass is 32.1. The van der Waals surface area contributed by atoms with Gasteiger partial charge in [0.2, 0.25) is 0 Å². The van der Waals surface area contributed by atoms with Crippen LogP contribution in [0.25, 0.3) is 4.96 Å². The van der Waals surface area contributed by atoms with Gasteiger partial charge in [-0.05, 0) is 18.4 Å². The zero-order valence-electron chi connectivity index (χ0n) is 11.8. The molecule has 2 aromatic heterocycles. The fourth-order valence-electron chi connectivity index (χ4n) is 3.41. The first kappa shape index (κ1) is 13.0. The van der Waals surface area contributed by atoms with Gasteiger partial charge in [0.1, 0.15) is 0 Å². The lowest BCUT2D eigenvalue weighted by Crippen LogP contribution is -2.46. The van der Waals surface area contributed by atoms with Crippen molar-refractivity contribution in [3.8, 4) is 0 Å². The predicted molar refractivity (Wildman–Crippen MR) is 84.8 cm³/mol. The Bertz CT molecular complexity index is 714. The summed E-state index contributed by atoms with van der Waals surface area (Å²) < 4.78 is 2.03. The van der Waals surface area contributed by atoms with Crippen molar-refractivity contribution in [2.75, 3.05) is 0 Å². The lowest BCUT2D eigenvalue weighted by atomic mass is 9.60. The van der Waals surface area contributed by atoms with Crippen molar-refractivity contribution in [2.45, 2.75) is 37.2 Å². The fraction of sp³-hybridized carbons (Fsp3) is 0.353. The molecule has 1 aliphatic rings. The molecule has 1 N–H and O–H groups in total. The van der Waals surface area contributed by atoms with E-state index in [2.05, 4.69) is 29.2 Å². The lowest BCUT2D eigenvalue weighted by molar-refractivity contribution is 0.0280. The number of aromatic nitrogens is 2. The van der Waals surface area contributed by atoms with Crippen LogP contribution in [0.5, 0.6) is 0 Å². The Balaban J connectivity index is 1.60. The van der Waals surface area contributed by atoms with Crippen molar-refractivity contribution in [1.82, 2.24) is 9.38 Å². The number of fused-ring (bicyclic) bond motifs is 1. The highest BCUT2D eigenvalue weighted by molar-refractivity contribution is 7.15. The Hall–Kier alpha value is -1.65. The zero-order chi connectivity index (χ0) is 14.3. The van der Waals surface area contributed by atoms with Gasteiger partial charge in [0, 0.05) is 29.6 Å². The summed E-state index contributed by atoms with van der Waals surface area (Å²) in [6, 6.07) is 10.5. The standard InChI is InChI=1S/C17H18N2OS/c20-15(11-14-12-19-9-10-21-16(19)18-14)17(7-4-8-17)13-5-2-1-3-6-13/h1-3,5-6,9-10,12,15,20H,4,7-8,11H2. The molecule has 1 fully saturated rings. The van der Waals surface area contributed by atoms with Crippen LogP contribution in [0.3, 0.4) is 0 Å². The number of hydrogen-bond donors (Lipinski definition) is 1. The van der Waals surface area contributed by atoms with Crippen molar-refractivity contribution in [3.05, 3.63) is 59.4 Å². The second-order valence-electron chi connectivity index (χ2n) is 5.92. The maximum Gasteiger partial charge on any atom is 0.193 e. The largest absolute Gasteiger partial charge is 0.392 e. The second kappa shape index (κ2) is 4.97. The third-order valence-electron chi connectivity index (χ3n) is 4.78. The molecule has 2 heterocycles. The molecule has 1 unspecified atom stereocenters. The molecular weight excluding hydrogens is 280 g/mol. The van der Waals surface area contributed by atoms with Crippen LogP contribution in [0.15, 0.2) is 48.1 Å². The Kier molecular flexibility index (Phi) is 3.08. The Morgan fingerprint density at radius 3 is 2.76 bits per heavy atom. The summed E-state index contributed by atoms with van der Waals surface area (Å²) in [6.07, 6.45) is 7.65. The smallest absolute Gasteiger partial charge is 0.193 e. The number of nitrogens with zero attached hydrogens (tertiary/aromatic N) is 2. The van der Waals surface area contributed by atoms with E-state index in [4.69, 9.17) is 0 Å². The van der Waals surface area contributed by atoms with E-state index in [1.165, 1.54) is 12.0 Å². The Morgan fingerprint density at radius 1 is 1.29 bits per heavy atom. The molecule has 0 bridgehead atoms. The first-order valence-electron chi connectivity index (χ1n) is 7.43. The van der Waals surface area contributed by atoms with Crippen molar-refractivity contribution in [3.63, 3.8) is 0 Å². The molecule has 1 atom stereocenters. The topological polar surface area (TPSA) is 37.5 Å². The van der Waals surface area contributed by atoms with Crippen LogP contribution >= 0.6 is 11.3 Å². The molecule has 21 heavy (non-hydrogen) atoms.